The van der Waals surface area contributed by atoms with Crippen LogP contribution in [0, 0.1) is 0 Å². The Morgan fingerprint density at radius 1 is 0.969 bits per heavy atom. The Balaban J connectivity index is 1.97. The predicted octanol–water partition coefficient (Wildman–Crippen LogP) is 5.87. The maximum atomic E-state index is 13.7. The number of rotatable bonds is 7. The topological polar surface area (TPSA) is 97.1 Å². The lowest BCUT2D eigenvalue weighted by Gasteiger charge is -2.11. The van der Waals surface area contributed by atoms with Crippen LogP contribution in [0.15, 0.2) is 88.9 Å². The summed E-state index contributed by atoms with van der Waals surface area (Å²) in [5.74, 6) is 0.729. The van der Waals surface area contributed by atoms with Crippen molar-refractivity contribution in [1.29, 1.82) is 0 Å². The van der Waals surface area contributed by atoms with Gasteiger partial charge in [-0.25, -0.2) is 12.4 Å². The minimum absolute atomic E-state index is 0.0244. The van der Waals surface area contributed by atoms with E-state index in [1.807, 2.05) is 42.5 Å². The molecule has 7 nitrogen and oxygen atoms in total. The highest BCUT2D eigenvalue weighted by molar-refractivity contribution is 7.90. The van der Waals surface area contributed by atoms with Gasteiger partial charge in [0.2, 0.25) is 0 Å². The van der Waals surface area contributed by atoms with Crippen molar-refractivity contribution in [2.24, 2.45) is 5.11 Å². The van der Waals surface area contributed by atoms with Gasteiger partial charge in [-0.2, -0.15) is 0 Å². The number of hydrogen-bond donors (Lipinski definition) is 0. The van der Waals surface area contributed by atoms with E-state index in [0.29, 0.717) is 22.2 Å². The van der Waals surface area contributed by atoms with E-state index in [2.05, 4.69) is 10.0 Å². The molecule has 3 aromatic carbocycles. The first-order valence-electron chi connectivity index (χ1n) is 9.82. The van der Waals surface area contributed by atoms with Crippen LogP contribution in [0.25, 0.3) is 33.5 Å². The van der Waals surface area contributed by atoms with Crippen LogP contribution in [0.5, 0.6) is 5.75 Å². The van der Waals surface area contributed by atoms with Gasteiger partial charge in [-0.1, -0.05) is 59.7 Å². The zero-order chi connectivity index (χ0) is 22.6. The van der Waals surface area contributed by atoms with Crippen molar-refractivity contribution >= 4 is 33.1 Å². The molecule has 0 unspecified atom stereocenters. The van der Waals surface area contributed by atoms with Gasteiger partial charge < -0.3 is 4.74 Å². The van der Waals surface area contributed by atoms with E-state index in [1.165, 1.54) is 3.97 Å². The Morgan fingerprint density at radius 3 is 2.34 bits per heavy atom. The molecule has 0 spiro atoms. The van der Waals surface area contributed by atoms with Gasteiger partial charge in [0, 0.05) is 10.3 Å². The Labute approximate surface area is 185 Å². The number of aromatic nitrogens is 1. The quantitative estimate of drug-likeness (QED) is 0.203. The Hall–Kier alpha value is -4.00. The molecule has 1 aromatic heterocycles. The molecule has 0 aliphatic heterocycles. The number of fused-ring (bicyclic) bond motifs is 1. The molecule has 0 fully saturated rings. The van der Waals surface area contributed by atoms with Crippen molar-refractivity contribution in [2.75, 3.05) is 7.11 Å². The summed E-state index contributed by atoms with van der Waals surface area (Å²) in [5.41, 5.74) is 11.4. The molecule has 0 atom stereocenters. The van der Waals surface area contributed by atoms with Crippen LogP contribution in [0.1, 0.15) is 16.8 Å². The van der Waals surface area contributed by atoms with Crippen LogP contribution in [0.3, 0.4) is 0 Å². The van der Waals surface area contributed by atoms with E-state index < -0.39 is 10.0 Å². The summed E-state index contributed by atoms with van der Waals surface area (Å²) in [6.07, 6.45) is 3.56. The molecule has 4 aromatic rings. The van der Waals surface area contributed by atoms with Gasteiger partial charge in [0.15, 0.2) is 0 Å². The smallest absolute Gasteiger partial charge is 0.268 e. The fourth-order valence-corrected chi connectivity index (χ4v) is 5.14. The normalized spacial score (nSPS) is 11.5. The number of azide groups is 1. The van der Waals surface area contributed by atoms with Crippen molar-refractivity contribution in [3.8, 4) is 5.75 Å². The van der Waals surface area contributed by atoms with Crippen LogP contribution in [-0.4, -0.2) is 19.5 Å². The fraction of sp³-hybridized carbons (Fsp3) is 0.0833. The standard InChI is InChI=1S/C24H20N4O3S/c1-31-19-14-11-18(12-15-19)13-16-24-22(17-26-27-25)21-9-5-6-10-23(21)28(24)32(29,30)20-7-3-2-4-8-20/h2-16H,17H2,1H3/b16-13+. The number of para-hydroxylation sites is 1. The van der Waals surface area contributed by atoms with E-state index in [-0.39, 0.29) is 11.4 Å². The highest BCUT2D eigenvalue weighted by atomic mass is 32.2. The third kappa shape index (κ3) is 3.97. The van der Waals surface area contributed by atoms with Gasteiger partial charge in [-0.05, 0) is 53.1 Å². The zero-order valence-electron chi connectivity index (χ0n) is 17.3. The monoisotopic (exact) mass is 444 g/mol. The highest BCUT2D eigenvalue weighted by Crippen LogP contribution is 2.32. The van der Waals surface area contributed by atoms with Crippen molar-refractivity contribution in [2.45, 2.75) is 11.4 Å². The second-order valence-electron chi connectivity index (χ2n) is 6.96. The van der Waals surface area contributed by atoms with Gasteiger partial charge in [0.1, 0.15) is 5.75 Å². The number of methoxy groups -OCH3 is 1. The summed E-state index contributed by atoms with van der Waals surface area (Å²) < 4.78 is 33.8. The number of benzene rings is 3. The molecule has 0 bridgehead atoms. The molecule has 0 aliphatic carbocycles. The van der Waals surface area contributed by atoms with Crippen LogP contribution < -0.4 is 4.74 Å². The van der Waals surface area contributed by atoms with E-state index in [1.54, 1.807) is 55.7 Å². The Kier molecular flexibility index (Phi) is 5.98. The first-order chi connectivity index (χ1) is 15.6. The van der Waals surface area contributed by atoms with Crippen molar-refractivity contribution in [3.63, 3.8) is 0 Å². The maximum absolute atomic E-state index is 13.7. The lowest BCUT2D eigenvalue weighted by Crippen LogP contribution is -2.14. The summed E-state index contributed by atoms with van der Waals surface area (Å²) >= 11 is 0. The summed E-state index contributed by atoms with van der Waals surface area (Å²) in [6, 6.07) is 22.9. The number of nitrogens with zero attached hydrogens (tertiary/aromatic N) is 4. The SMILES string of the molecule is COc1ccc(/C=C/c2c(CN=[N+]=[N-])c3ccccc3n2S(=O)(=O)c2ccccc2)cc1. The molecule has 0 amide bonds. The minimum atomic E-state index is -3.90. The molecule has 0 saturated heterocycles. The van der Waals surface area contributed by atoms with Gasteiger partial charge >= 0.3 is 0 Å². The van der Waals surface area contributed by atoms with Crippen LogP contribution in [0.4, 0.5) is 0 Å². The first-order valence-corrected chi connectivity index (χ1v) is 11.3. The first kappa shape index (κ1) is 21.2. The van der Waals surface area contributed by atoms with Gasteiger partial charge in [-0.15, -0.1) is 0 Å². The van der Waals surface area contributed by atoms with E-state index in [4.69, 9.17) is 10.3 Å². The molecule has 4 rings (SSSR count). The molecule has 0 radical (unpaired) electrons. The molecule has 0 aliphatic rings. The summed E-state index contributed by atoms with van der Waals surface area (Å²) in [6.45, 7) is 0.0244. The molecule has 160 valence electrons. The Morgan fingerprint density at radius 2 is 1.66 bits per heavy atom. The zero-order valence-corrected chi connectivity index (χ0v) is 18.1. The second-order valence-corrected chi connectivity index (χ2v) is 8.75. The average molecular weight is 445 g/mol. The largest absolute Gasteiger partial charge is 0.497 e. The van der Waals surface area contributed by atoms with E-state index in [9.17, 15) is 8.42 Å². The molecular weight excluding hydrogens is 424 g/mol. The van der Waals surface area contributed by atoms with Crippen LogP contribution >= 0.6 is 0 Å². The van der Waals surface area contributed by atoms with E-state index in [0.717, 1.165) is 11.3 Å². The van der Waals surface area contributed by atoms with Gasteiger partial charge in [0.05, 0.1) is 29.8 Å². The van der Waals surface area contributed by atoms with Gasteiger partial charge in [0.25, 0.3) is 10.0 Å². The molecule has 8 heteroatoms. The third-order valence-corrected chi connectivity index (χ3v) is 6.84. The maximum Gasteiger partial charge on any atom is 0.268 e. The molecule has 32 heavy (non-hydrogen) atoms. The van der Waals surface area contributed by atoms with Crippen molar-refractivity contribution in [1.82, 2.24) is 3.97 Å². The fourth-order valence-electron chi connectivity index (χ4n) is 3.58. The average Bonchev–Trinajstić information content (AvgIpc) is 3.16. The summed E-state index contributed by atoms with van der Waals surface area (Å²) in [4.78, 5) is 3.05. The van der Waals surface area contributed by atoms with Crippen LogP contribution in [-0.2, 0) is 16.6 Å². The number of ether oxygens (including phenoxy) is 1. The van der Waals surface area contributed by atoms with Crippen molar-refractivity contribution < 1.29 is 13.2 Å². The predicted molar refractivity (Wildman–Crippen MR) is 126 cm³/mol. The van der Waals surface area contributed by atoms with Gasteiger partial charge in [-0.3, -0.25) is 0 Å². The minimum Gasteiger partial charge on any atom is -0.497 e. The summed E-state index contributed by atoms with van der Waals surface area (Å²) in [7, 11) is -2.31. The van der Waals surface area contributed by atoms with Crippen molar-refractivity contribution in [3.05, 3.63) is 106 Å². The molecule has 0 saturated carbocycles. The van der Waals surface area contributed by atoms with E-state index >= 15 is 0 Å². The molecule has 0 N–H and O–H groups in total. The summed E-state index contributed by atoms with van der Waals surface area (Å²) in [5, 5.41) is 4.44. The molecule has 1 heterocycles. The lowest BCUT2D eigenvalue weighted by molar-refractivity contribution is 0.415. The Bertz CT molecular complexity index is 1430. The lowest BCUT2D eigenvalue weighted by atomic mass is 10.1. The third-order valence-electron chi connectivity index (χ3n) is 5.10. The van der Waals surface area contributed by atoms with Crippen LogP contribution in [0.2, 0.25) is 0 Å². The highest BCUT2D eigenvalue weighted by Gasteiger charge is 2.25. The second kappa shape index (κ2) is 9.01. The molecular formula is C24H20N4O3S. The number of hydrogen-bond acceptors (Lipinski definition) is 4.